The highest BCUT2D eigenvalue weighted by molar-refractivity contribution is 7.89. The van der Waals surface area contributed by atoms with Gasteiger partial charge >= 0.3 is 0 Å². The van der Waals surface area contributed by atoms with Gasteiger partial charge in [0.25, 0.3) is 10.0 Å². The van der Waals surface area contributed by atoms with Crippen LogP contribution in [0.1, 0.15) is 20.8 Å². The highest BCUT2D eigenvalue weighted by Crippen LogP contribution is 2.19. The monoisotopic (exact) mass is 309 g/mol. The number of rotatable bonds is 7. The number of imidazole rings is 1. The maximum Gasteiger partial charge on any atom is 0.261 e. The number of aromatic nitrogens is 2. The Bertz CT molecular complexity index is 513. The fourth-order valence-corrected chi connectivity index (χ4v) is 3.24. The van der Waals surface area contributed by atoms with Crippen molar-refractivity contribution in [2.45, 2.75) is 31.8 Å². The largest absolute Gasteiger partial charge is 0.380 e. The second-order valence-corrected chi connectivity index (χ2v) is 6.57. The number of nitrogens with zero attached hydrogens (tertiary/aromatic N) is 2. The van der Waals surface area contributed by atoms with E-state index in [2.05, 4.69) is 9.71 Å². The van der Waals surface area contributed by atoms with Crippen molar-refractivity contribution in [3.63, 3.8) is 0 Å². The molecule has 8 heteroatoms. The normalized spacial score (nSPS) is 14.0. The third-order valence-electron chi connectivity index (χ3n) is 2.70. The molecule has 1 aromatic rings. The van der Waals surface area contributed by atoms with Crippen molar-refractivity contribution in [3.8, 4) is 0 Å². The molecular weight excluding hydrogens is 290 g/mol. The van der Waals surface area contributed by atoms with Crippen molar-refractivity contribution in [1.82, 2.24) is 14.3 Å². The van der Waals surface area contributed by atoms with E-state index in [0.717, 1.165) is 0 Å². The Kier molecular flexibility index (Phi) is 5.79. The van der Waals surface area contributed by atoms with Crippen LogP contribution in [-0.2, 0) is 21.8 Å². The van der Waals surface area contributed by atoms with Gasteiger partial charge in [0.2, 0.25) is 5.03 Å². The summed E-state index contributed by atoms with van der Waals surface area (Å²) in [5.74, 6) is 0.101. The maximum absolute atomic E-state index is 12.2. The summed E-state index contributed by atoms with van der Waals surface area (Å²) >= 11 is 5.91. The molecule has 6 nitrogen and oxygen atoms in total. The quantitative estimate of drug-likeness (QED) is 0.826. The predicted octanol–water partition coefficient (Wildman–Crippen LogP) is 1.41. The van der Waals surface area contributed by atoms with Gasteiger partial charge in [0.05, 0.1) is 12.9 Å². The number of hydrogen-bond acceptors (Lipinski definition) is 4. The lowest BCUT2D eigenvalue weighted by Crippen LogP contribution is -2.42. The predicted molar refractivity (Wildman–Crippen MR) is 73.7 cm³/mol. The second kappa shape index (κ2) is 6.69. The number of ether oxygens (including phenoxy) is 1. The van der Waals surface area contributed by atoms with Crippen LogP contribution in [-0.4, -0.2) is 37.2 Å². The average molecular weight is 310 g/mol. The Hall–Kier alpha value is -0.630. The Morgan fingerprint density at radius 2 is 2.16 bits per heavy atom. The number of hydrogen-bond donors (Lipinski definition) is 1. The van der Waals surface area contributed by atoms with Crippen LogP contribution in [0.4, 0.5) is 0 Å². The van der Waals surface area contributed by atoms with Crippen LogP contribution in [0.15, 0.2) is 11.4 Å². The van der Waals surface area contributed by atoms with Crippen molar-refractivity contribution in [2.24, 2.45) is 13.0 Å². The fraction of sp³-hybridized carbons (Fsp3) is 0.727. The number of aryl methyl sites for hydroxylation is 1. The first-order valence-electron chi connectivity index (χ1n) is 6.06. The molecule has 110 valence electrons. The van der Waals surface area contributed by atoms with E-state index in [4.69, 9.17) is 16.3 Å². The minimum Gasteiger partial charge on any atom is -0.380 e. The van der Waals surface area contributed by atoms with Crippen LogP contribution in [0, 0.1) is 5.92 Å². The third-order valence-corrected chi connectivity index (χ3v) is 4.68. The smallest absolute Gasteiger partial charge is 0.261 e. The number of halogens is 1. The van der Waals surface area contributed by atoms with Gasteiger partial charge in [-0.2, -0.15) is 0 Å². The fourth-order valence-electron chi connectivity index (χ4n) is 1.44. The van der Waals surface area contributed by atoms with Gasteiger partial charge in [0.15, 0.2) is 0 Å². The summed E-state index contributed by atoms with van der Waals surface area (Å²) in [6.45, 7) is 6.56. The molecule has 0 aliphatic heterocycles. The molecule has 0 radical (unpaired) electrons. The van der Waals surface area contributed by atoms with Gasteiger partial charge in [-0.05, 0) is 12.8 Å². The Labute approximate surface area is 119 Å². The lowest BCUT2D eigenvalue weighted by Gasteiger charge is -2.21. The van der Waals surface area contributed by atoms with Gasteiger partial charge in [-0.3, -0.25) is 0 Å². The van der Waals surface area contributed by atoms with Gasteiger partial charge < -0.3 is 9.30 Å². The van der Waals surface area contributed by atoms with E-state index in [-0.39, 0.29) is 22.1 Å². The zero-order valence-electron chi connectivity index (χ0n) is 11.6. The summed E-state index contributed by atoms with van der Waals surface area (Å²) in [4.78, 5) is 3.82. The first kappa shape index (κ1) is 16.4. The molecule has 0 bridgehead atoms. The molecule has 0 aliphatic rings. The minimum atomic E-state index is -3.74. The summed E-state index contributed by atoms with van der Waals surface area (Å²) < 4.78 is 33.8. The molecular formula is C11H20ClN3O3S. The van der Waals surface area contributed by atoms with E-state index < -0.39 is 10.0 Å². The molecule has 1 N–H and O–H groups in total. The number of nitrogens with one attached hydrogen (secondary N) is 1. The SMILES string of the molecule is CCOCC(NS(=O)(=O)c1ncn(C)c1Cl)C(C)C. The second-order valence-electron chi connectivity index (χ2n) is 4.58. The first-order chi connectivity index (χ1) is 8.79. The standard InChI is InChI=1S/C11H20ClN3O3S/c1-5-18-6-9(8(2)3)14-19(16,17)11-10(12)15(4)7-13-11/h7-9,14H,5-6H2,1-4H3. The van der Waals surface area contributed by atoms with Crippen LogP contribution >= 0.6 is 11.6 Å². The van der Waals surface area contributed by atoms with Gasteiger partial charge in [0.1, 0.15) is 5.15 Å². The summed E-state index contributed by atoms with van der Waals surface area (Å²) in [6.07, 6.45) is 1.36. The van der Waals surface area contributed by atoms with Crippen molar-refractivity contribution >= 4 is 21.6 Å². The van der Waals surface area contributed by atoms with E-state index in [1.807, 2.05) is 20.8 Å². The molecule has 1 rings (SSSR count). The van der Waals surface area contributed by atoms with E-state index in [1.54, 1.807) is 7.05 Å². The molecule has 1 aromatic heterocycles. The van der Waals surface area contributed by atoms with Crippen LogP contribution in [0.5, 0.6) is 0 Å². The molecule has 0 aliphatic carbocycles. The Balaban J connectivity index is 2.91. The molecule has 0 amide bonds. The van der Waals surface area contributed by atoms with Crippen LogP contribution < -0.4 is 4.72 Å². The molecule has 1 unspecified atom stereocenters. The zero-order valence-corrected chi connectivity index (χ0v) is 13.1. The summed E-state index contributed by atoms with van der Waals surface area (Å²) in [5.41, 5.74) is 0. The highest BCUT2D eigenvalue weighted by atomic mass is 35.5. The van der Waals surface area contributed by atoms with Gasteiger partial charge in [-0.15, -0.1) is 0 Å². The van der Waals surface area contributed by atoms with Crippen LogP contribution in [0.25, 0.3) is 0 Å². The first-order valence-corrected chi connectivity index (χ1v) is 7.92. The van der Waals surface area contributed by atoms with Gasteiger partial charge in [0, 0.05) is 19.7 Å². The molecule has 19 heavy (non-hydrogen) atoms. The van der Waals surface area contributed by atoms with E-state index >= 15 is 0 Å². The van der Waals surface area contributed by atoms with E-state index in [0.29, 0.717) is 13.2 Å². The molecule has 1 atom stereocenters. The van der Waals surface area contributed by atoms with Crippen molar-refractivity contribution in [1.29, 1.82) is 0 Å². The Morgan fingerprint density at radius 1 is 1.53 bits per heavy atom. The molecule has 0 fully saturated rings. The summed E-state index contributed by atoms with van der Waals surface area (Å²) in [7, 11) is -2.11. The van der Waals surface area contributed by atoms with Crippen LogP contribution in [0.2, 0.25) is 5.15 Å². The summed E-state index contributed by atoms with van der Waals surface area (Å²) in [5, 5.41) is -0.0646. The average Bonchev–Trinajstić information content (AvgIpc) is 2.65. The van der Waals surface area contributed by atoms with Gasteiger partial charge in [-0.1, -0.05) is 25.4 Å². The zero-order chi connectivity index (χ0) is 14.6. The van der Waals surface area contributed by atoms with Crippen molar-refractivity contribution < 1.29 is 13.2 Å². The minimum absolute atomic E-state index is 0.0893. The van der Waals surface area contributed by atoms with Gasteiger partial charge in [-0.25, -0.2) is 18.1 Å². The molecule has 0 saturated heterocycles. The maximum atomic E-state index is 12.2. The van der Waals surface area contributed by atoms with Crippen molar-refractivity contribution in [3.05, 3.63) is 11.5 Å². The van der Waals surface area contributed by atoms with E-state index in [1.165, 1.54) is 10.9 Å². The number of sulfonamides is 1. The lowest BCUT2D eigenvalue weighted by molar-refractivity contribution is 0.116. The van der Waals surface area contributed by atoms with E-state index in [9.17, 15) is 8.42 Å². The summed E-state index contributed by atoms with van der Waals surface area (Å²) in [6, 6.07) is -0.317. The third kappa shape index (κ3) is 4.17. The molecule has 0 saturated carbocycles. The molecule has 1 heterocycles. The topological polar surface area (TPSA) is 73.2 Å². The molecule has 0 aromatic carbocycles. The molecule has 0 spiro atoms. The highest BCUT2D eigenvalue weighted by Gasteiger charge is 2.27. The lowest BCUT2D eigenvalue weighted by atomic mass is 10.1. The Morgan fingerprint density at radius 3 is 2.58 bits per heavy atom. The van der Waals surface area contributed by atoms with Crippen molar-refractivity contribution in [2.75, 3.05) is 13.2 Å². The van der Waals surface area contributed by atoms with Crippen LogP contribution in [0.3, 0.4) is 0 Å².